The molecule has 0 N–H and O–H groups in total. The molecule has 0 aliphatic carbocycles. The van der Waals surface area contributed by atoms with Crippen LogP contribution in [0.4, 0.5) is 5.13 Å². The molecule has 1 saturated heterocycles. The van der Waals surface area contributed by atoms with Gasteiger partial charge in [0.2, 0.25) is 10.0 Å². The molecular formula is C14H19N3O2S2. The fourth-order valence-corrected chi connectivity index (χ4v) is 4.43. The maximum absolute atomic E-state index is 11.5. The Kier molecular flexibility index (Phi) is 3.90. The molecule has 0 spiro atoms. The zero-order valence-corrected chi connectivity index (χ0v) is 13.9. The van der Waals surface area contributed by atoms with Gasteiger partial charge in [-0.1, -0.05) is 24.3 Å². The number of aromatic nitrogens is 1. The van der Waals surface area contributed by atoms with Gasteiger partial charge in [-0.25, -0.2) is 13.4 Å². The first-order valence-corrected chi connectivity index (χ1v) is 9.73. The summed E-state index contributed by atoms with van der Waals surface area (Å²) in [4.78, 5) is 6.85. The van der Waals surface area contributed by atoms with Crippen LogP contribution in [0, 0.1) is 0 Å². The lowest BCUT2D eigenvalue weighted by Gasteiger charge is -2.32. The number of sulfonamides is 1. The van der Waals surface area contributed by atoms with E-state index in [1.165, 1.54) is 20.8 Å². The second-order valence-electron chi connectivity index (χ2n) is 5.30. The largest absolute Gasteiger partial charge is 0.345 e. The molecule has 3 rings (SSSR count). The lowest BCUT2D eigenvalue weighted by Crippen LogP contribution is -2.48. The zero-order chi connectivity index (χ0) is 15.0. The van der Waals surface area contributed by atoms with E-state index in [1.54, 1.807) is 11.3 Å². The molecule has 7 heteroatoms. The van der Waals surface area contributed by atoms with Crippen molar-refractivity contribution < 1.29 is 8.42 Å². The van der Waals surface area contributed by atoms with Crippen molar-refractivity contribution in [2.75, 3.05) is 37.3 Å². The summed E-state index contributed by atoms with van der Waals surface area (Å²) in [6.45, 7) is 4.62. The Morgan fingerprint density at radius 3 is 2.57 bits per heavy atom. The molecule has 1 aromatic heterocycles. The summed E-state index contributed by atoms with van der Waals surface area (Å²) in [7, 11) is -3.08. The van der Waals surface area contributed by atoms with E-state index >= 15 is 0 Å². The number of nitrogens with zero attached hydrogens (tertiary/aromatic N) is 3. The van der Waals surface area contributed by atoms with Gasteiger partial charge in [0.05, 0.1) is 16.5 Å². The number of thiazole rings is 1. The van der Waals surface area contributed by atoms with Crippen LogP contribution in [0.25, 0.3) is 10.2 Å². The first-order chi connectivity index (χ1) is 9.97. The smallest absolute Gasteiger partial charge is 0.211 e. The highest BCUT2D eigenvalue weighted by atomic mass is 32.2. The van der Waals surface area contributed by atoms with Crippen molar-refractivity contribution in [3.05, 3.63) is 23.8 Å². The molecule has 2 heterocycles. The highest BCUT2D eigenvalue weighted by molar-refractivity contribution is 7.88. The van der Waals surface area contributed by atoms with Gasteiger partial charge >= 0.3 is 0 Å². The van der Waals surface area contributed by atoms with E-state index in [9.17, 15) is 8.42 Å². The summed E-state index contributed by atoms with van der Waals surface area (Å²) in [5, 5.41) is 0.992. The molecule has 0 bridgehead atoms. The summed E-state index contributed by atoms with van der Waals surface area (Å²) in [5.41, 5.74) is 2.34. The van der Waals surface area contributed by atoms with Crippen LogP contribution in [0.3, 0.4) is 0 Å². The van der Waals surface area contributed by atoms with Crippen molar-refractivity contribution in [2.24, 2.45) is 0 Å². The number of aryl methyl sites for hydroxylation is 1. The average molecular weight is 325 g/mol. The molecule has 114 valence electrons. The van der Waals surface area contributed by atoms with E-state index in [1.807, 2.05) is 0 Å². The SMILES string of the molecule is CCc1ccc2nc(N3CCN(S(C)(=O)=O)CC3)sc2c1. The third-order valence-electron chi connectivity index (χ3n) is 3.83. The van der Waals surface area contributed by atoms with Crippen molar-refractivity contribution in [3.63, 3.8) is 0 Å². The number of benzene rings is 1. The van der Waals surface area contributed by atoms with Crippen LogP contribution in [0.2, 0.25) is 0 Å². The van der Waals surface area contributed by atoms with Crippen LogP contribution in [-0.4, -0.2) is 50.1 Å². The highest BCUT2D eigenvalue weighted by Gasteiger charge is 2.24. The van der Waals surface area contributed by atoms with Crippen LogP contribution in [0.1, 0.15) is 12.5 Å². The highest BCUT2D eigenvalue weighted by Crippen LogP contribution is 2.30. The molecule has 2 aromatic rings. The fraction of sp³-hybridized carbons (Fsp3) is 0.500. The monoisotopic (exact) mass is 325 g/mol. The summed E-state index contributed by atoms with van der Waals surface area (Å²) >= 11 is 1.69. The normalized spacial score (nSPS) is 17.5. The Balaban J connectivity index is 1.79. The molecule has 0 radical (unpaired) electrons. The minimum absolute atomic E-state index is 0.537. The molecule has 0 saturated carbocycles. The van der Waals surface area contributed by atoms with E-state index in [2.05, 4.69) is 35.0 Å². The van der Waals surface area contributed by atoms with Crippen LogP contribution in [0.15, 0.2) is 18.2 Å². The lowest BCUT2D eigenvalue weighted by molar-refractivity contribution is 0.388. The molecule has 0 unspecified atom stereocenters. The topological polar surface area (TPSA) is 53.5 Å². The number of hydrogen-bond acceptors (Lipinski definition) is 5. The second-order valence-corrected chi connectivity index (χ2v) is 8.29. The first-order valence-electron chi connectivity index (χ1n) is 7.07. The summed E-state index contributed by atoms with van der Waals surface area (Å²) in [5.74, 6) is 0. The van der Waals surface area contributed by atoms with Gasteiger partial charge in [-0.2, -0.15) is 4.31 Å². The molecule has 1 aromatic carbocycles. The van der Waals surface area contributed by atoms with Crippen LogP contribution < -0.4 is 4.90 Å². The van der Waals surface area contributed by atoms with Gasteiger partial charge in [0.1, 0.15) is 0 Å². The Labute approximate surface area is 129 Å². The molecule has 0 amide bonds. The van der Waals surface area contributed by atoms with Gasteiger partial charge < -0.3 is 4.90 Å². The van der Waals surface area contributed by atoms with E-state index in [0.717, 1.165) is 17.1 Å². The molecule has 1 aliphatic rings. The second kappa shape index (κ2) is 5.55. The number of rotatable bonds is 3. The van der Waals surface area contributed by atoms with E-state index in [4.69, 9.17) is 0 Å². The van der Waals surface area contributed by atoms with Crippen LogP contribution in [-0.2, 0) is 16.4 Å². The predicted octanol–water partition coefficient (Wildman–Crippen LogP) is 1.94. The van der Waals surface area contributed by atoms with Gasteiger partial charge in [0, 0.05) is 26.2 Å². The predicted molar refractivity (Wildman–Crippen MR) is 87.6 cm³/mol. The molecule has 1 fully saturated rings. The zero-order valence-electron chi connectivity index (χ0n) is 12.2. The maximum atomic E-state index is 11.5. The third-order valence-corrected chi connectivity index (χ3v) is 6.21. The van der Waals surface area contributed by atoms with Gasteiger partial charge in [0.25, 0.3) is 0 Å². The van der Waals surface area contributed by atoms with Crippen molar-refractivity contribution >= 4 is 36.7 Å². The van der Waals surface area contributed by atoms with E-state index < -0.39 is 10.0 Å². The van der Waals surface area contributed by atoms with Gasteiger partial charge in [-0.15, -0.1) is 0 Å². The van der Waals surface area contributed by atoms with Crippen LogP contribution >= 0.6 is 11.3 Å². The van der Waals surface area contributed by atoms with Crippen molar-refractivity contribution in [3.8, 4) is 0 Å². The number of anilines is 1. The molecular weight excluding hydrogens is 306 g/mol. The van der Waals surface area contributed by atoms with E-state index in [0.29, 0.717) is 26.2 Å². The van der Waals surface area contributed by atoms with E-state index in [-0.39, 0.29) is 0 Å². The minimum atomic E-state index is -3.08. The van der Waals surface area contributed by atoms with Crippen molar-refractivity contribution in [1.29, 1.82) is 0 Å². The lowest BCUT2D eigenvalue weighted by atomic mass is 10.2. The van der Waals surface area contributed by atoms with Crippen LogP contribution in [0.5, 0.6) is 0 Å². The maximum Gasteiger partial charge on any atom is 0.211 e. The Bertz CT molecular complexity index is 747. The third kappa shape index (κ3) is 3.04. The molecule has 1 aliphatic heterocycles. The van der Waals surface area contributed by atoms with Crippen molar-refractivity contribution in [2.45, 2.75) is 13.3 Å². The van der Waals surface area contributed by atoms with Gasteiger partial charge in [0.15, 0.2) is 5.13 Å². The molecule has 5 nitrogen and oxygen atoms in total. The number of piperazine rings is 1. The average Bonchev–Trinajstić information content (AvgIpc) is 2.89. The minimum Gasteiger partial charge on any atom is -0.345 e. The summed E-state index contributed by atoms with van der Waals surface area (Å²) < 4.78 is 25.8. The number of fused-ring (bicyclic) bond motifs is 1. The fourth-order valence-electron chi connectivity index (χ4n) is 2.52. The Hall–Kier alpha value is -1.18. The molecule has 0 atom stereocenters. The van der Waals surface area contributed by atoms with Gasteiger partial charge in [-0.05, 0) is 24.1 Å². The summed E-state index contributed by atoms with van der Waals surface area (Å²) in [6.07, 6.45) is 2.29. The molecule has 21 heavy (non-hydrogen) atoms. The Morgan fingerprint density at radius 2 is 1.95 bits per heavy atom. The van der Waals surface area contributed by atoms with Gasteiger partial charge in [-0.3, -0.25) is 0 Å². The first kappa shape index (κ1) is 14.7. The quantitative estimate of drug-likeness (QED) is 0.865. The van der Waals surface area contributed by atoms with Crippen molar-refractivity contribution in [1.82, 2.24) is 9.29 Å². The number of hydrogen-bond donors (Lipinski definition) is 0. The Morgan fingerprint density at radius 1 is 1.24 bits per heavy atom. The standard InChI is InChI=1S/C14H19N3O2S2/c1-3-11-4-5-12-13(10-11)20-14(15-12)16-6-8-17(9-7-16)21(2,18)19/h4-5,10H,3,6-9H2,1-2H3. The summed E-state index contributed by atoms with van der Waals surface area (Å²) in [6, 6.07) is 6.39.